The summed E-state index contributed by atoms with van der Waals surface area (Å²) in [6, 6.07) is 18.5. The van der Waals surface area contributed by atoms with Crippen LogP contribution in [0.3, 0.4) is 0 Å². The minimum absolute atomic E-state index is 0.104. The van der Waals surface area contributed by atoms with Crippen LogP contribution < -0.4 is 20.7 Å². The van der Waals surface area contributed by atoms with Gasteiger partial charge in [0.1, 0.15) is 11.9 Å². The van der Waals surface area contributed by atoms with Gasteiger partial charge in [-0.3, -0.25) is 9.59 Å². The fraction of sp³-hybridized carbons (Fsp3) is 0.438. The van der Waals surface area contributed by atoms with E-state index in [1.807, 2.05) is 44.2 Å². The van der Waals surface area contributed by atoms with Crippen molar-refractivity contribution in [3.8, 4) is 16.2 Å². The number of piperidine rings is 1. The molecule has 4 N–H and O–H groups in total. The molecule has 0 unspecified atom stereocenters. The maximum absolute atomic E-state index is 13.3. The lowest BCUT2D eigenvalue weighted by Crippen LogP contribution is -2.34. The molecule has 1 saturated heterocycles. The lowest BCUT2D eigenvalue weighted by atomic mass is 10.0. The summed E-state index contributed by atoms with van der Waals surface area (Å²) in [6.07, 6.45) is 4.49. The van der Waals surface area contributed by atoms with Crippen molar-refractivity contribution in [2.45, 2.75) is 70.7 Å². The van der Waals surface area contributed by atoms with Crippen LogP contribution in [-0.2, 0) is 11.3 Å². The zero-order chi connectivity index (χ0) is 28.1. The van der Waals surface area contributed by atoms with Crippen LogP contribution in [0.15, 0.2) is 54.6 Å². The number of carboxylic acid groups (broad SMARTS) is 1. The Morgan fingerprint density at radius 1 is 1.07 bits per heavy atom. The zero-order valence-electron chi connectivity index (χ0n) is 23.2. The first-order valence-corrected chi connectivity index (χ1v) is 15.1. The third-order valence-corrected chi connectivity index (χ3v) is 9.20. The van der Waals surface area contributed by atoms with Crippen molar-refractivity contribution in [3.05, 3.63) is 76.2 Å². The summed E-state index contributed by atoms with van der Waals surface area (Å²) in [4.78, 5) is 26.9. The van der Waals surface area contributed by atoms with E-state index < -0.39 is 5.97 Å². The van der Waals surface area contributed by atoms with E-state index in [4.69, 9.17) is 4.74 Å². The van der Waals surface area contributed by atoms with E-state index in [0.717, 1.165) is 67.8 Å². The Balaban J connectivity index is 1.19. The predicted molar refractivity (Wildman–Crippen MR) is 159 cm³/mol. The molecule has 7 nitrogen and oxygen atoms in total. The molecule has 2 heterocycles. The monoisotopic (exact) mass is 561 g/mol. The number of benzene rings is 2. The highest BCUT2D eigenvalue weighted by molar-refractivity contribution is 7.15. The average molecular weight is 562 g/mol. The van der Waals surface area contributed by atoms with E-state index in [-0.39, 0.29) is 30.0 Å². The molecule has 2 aliphatic rings. The zero-order valence-corrected chi connectivity index (χ0v) is 24.1. The van der Waals surface area contributed by atoms with E-state index >= 15 is 0 Å². The molecule has 1 saturated carbocycles. The molecule has 1 aliphatic heterocycles. The van der Waals surface area contributed by atoms with Gasteiger partial charge in [-0.05, 0) is 106 Å². The summed E-state index contributed by atoms with van der Waals surface area (Å²) in [5.74, 6) is -0.261. The lowest BCUT2D eigenvalue weighted by molar-refractivity contribution is -0.141. The second-order valence-electron chi connectivity index (χ2n) is 11.1. The molecular weight excluding hydrogens is 522 g/mol. The maximum atomic E-state index is 13.3. The molecule has 40 heavy (non-hydrogen) atoms. The van der Waals surface area contributed by atoms with Crippen LogP contribution in [-0.4, -0.2) is 42.2 Å². The molecule has 2 fully saturated rings. The van der Waals surface area contributed by atoms with Crippen molar-refractivity contribution < 1.29 is 19.4 Å². The van der Waals surface area contributed by atoms with Crippen molar-refractivity contribution in [1.29, 1.82) is 0 Å². The second-order valence-corrected chi connectivity index (χ2v) is 12.2. The summed E-state index contributed by atoms with van der Waals surface area (Å²) >= 11 is 1.74. The molecule has 5 rings (SSSR count). The summed E-state index contributed by atoms with van der Waals surface area (Å²) in [7, 11) is 0. The number of hydrogen-bond acceptors (Lipinski definition) is 6. The number of ether oxygens (including phenoxy) is 1. The van der Waals surface area contributed by atoms with Crippen molar-refractivity contribution in [1.82, 2.24) is 16.0 Å². The number of aryl methyl sites for hydroxylation is 1. The molecule has 2 aromatic carbocycles. The maximum Gasteiger partial charge on any atom is 0.306 e. The fourth-order valence-corrected chi connectivity index (χ4v) is 6.56. The number of nitrogens with one attached hydrogen (secondary N) is 3. The average Bonchev–Trinajstić information content (AvgIpc) is 3.64. The van der Waals surface area contributed by atoms with Gasteiger partial charge in [-0.25, -0.2) is 0 Å². The van der Waals surface area contributed by atoms with Gasteiger partial charge in [0.15, 0.2) is 0 Å². The van der Waals surface area contributed by atoms with Gasteiger partial charge < -0.3 is 25.8 Å². The Morgan fingerprint density at radius 2 is 1.90 bits per heavy atom. The van der Waals surface area contributed by atoms with Crippen LogP contribution in [0.4, 0.5) is 0 Å². The van der Waals surface area contributed by atoms with E-state index in [1.165, 1.54) is 9.75 Å². The van der Waals surface area contributed by atoms with Gasteiger partial charge in [0.2, 0.25) is 0 Å². The minimum atomic E-state index is -0.682. The molecule has 3 aromatic rings. The molecular formula is C32H39N3O4S. The van der Waals surface area contributed by atoms with E-state index in [2.05, 4.69) is 40.2 Å². The molecule has 3 atom stereocenters. The summed E-state index contributed by atoms with van der Waals surface area (Å²) in [5.41, 5.74) is 3.73. The third-order valence-electron chi connectivity index (χ3n) is 8.07. The SMILES string of the molecule is Cc1ccc(OC2CCNCC2)cc1C(=O)N[C@H](C)c1cccc(-c2ccc(CN[C@H]3CC[C@@H](C(=O)O)C3)s2)c1. The van der Waals surface area contributed by atoms with Gasteiger partial charge in [0.25, 0.3) is 5.91 Å². The van der Waals surface area contributed by atoms with Gasteiger partial charge in [-0.15, -0.1) is 11.3 Å². The first-order valence-electron chi connectivity index (χ1n) is 14.3. The summed E-state index contributed by atoms with van der Waals surface area (Å²) in [6.45, 7) is 6.62. The highest BCUT2D eigenvalue weighted by Crippen LogP contribution is 2.31. The largest absolute Gasteiger partial charge is 0.490 e. The Morgan fingerprint density at radius 3 is 2.67 bits per heavy atom. The topological polar surface area (TPSA) is 99.7 Å². The molecule has 8 heteroatoms. The molecule has 1 aliphatic carbocycles. The Labute approximate surface area is 240 Å². The van der Waals surface area contributed by atoms with Gasteiger partial charge in [-0.1, -0.05) is 24.3 Å². The van der Waals surface area contributed by atoms with Gasteiger partial charge in [0.05, 0.1) is 12.0 Å². The smallest absolute Gasteiger partial charge is 0.306 e. The number of aliphatic carboxylic acids is 1. The molecule has 1 aromatic heterocycles. The second kappa shape index (κ2) is 13.0. The summed E-state index contributed by atoms with van der Waals surface area (Å²) < 4.78 is 6.17. The van der Waals surface area contributed by atoms with Crippen LogP contribution in [0.5, 0.6) is 5.75 Å². The fourth-order valence-electron chi connectivity index (χ4n) is 5.61. The number of amides is 1. The van der Waals surface area contributed by atoms with Gasteiger partial charge in [-0.2, -0.15) is 0 Å². The summed E-state index contributed by atoms with van der Waals surface area (Å²) in [5, 5.41) is 19.3. The molecule has 0 spiro atoms. The quantitative estimate of drug-likeness (QED) is 0.254. The van der Waals surface area contributed by atoms with Crippen LogP contribution in [0.1, 0.15) is 71.4 Å². The standard InChI is InChI=1S/C32H39N3O4S/c1-20-6-9-27(39-26-12-14-33-15-13-26)18-29(20)31(36)35-21(2)22-4-3-5-23(16-22)30-11-10-28(40-30)19-34-25-8-7-24(17-25)32(37)38/h3-6,9-11,16,18,21,24-26,33-34H,7-8,12-15,17,19H2,1-2H3,(H,35,36)(H,37,38)/t21-,24-,25+/m1/s1. The molecule has 0 bridgehead atoms. The highest BCUT2D eigenvalue weighted by Gasteiger charge is 2.29. The third kappa shape index (κ3) is 7.11. The van der Waals surface area contributed by atoms with E-state index in [0.29, 0.717) is 12.0 Å². The number of rotatable bonds is 10. The Hall–Kier alpha value is -3.20. The number of hydrogen-bond donors (Lipinski definition) is 4. The Bertz CT molecular complexity index is 1330. The van der Waals surface area contributed by atoms with E-state index in [1.54, 1.807) is 11.3 Å². The number of carboxylic acids is 1. The number of carbonyl (C=O) groups excluding carboxylic acids is 1. The van der Waals surface area contributed by atoms with Gasteiger partial charge >= 0.3 is 5.97 Å². The van der Waals surface area contributed by atoms with Crippen LogP contribution in [0.2, 0.25) is 0 Å². The number of carbonyl (C=O) groups is 2. The van der Waals surface area contributed by atoms with Crippen LogP contribution in [0, 0.1) is 12.8 Å². The minimum Gasteiger partial charge on any atom is -0.490 e. The first kappa shape index (κ1) is 28.3. The van der Waals surface area contributed by atoms with Crippen molar-refractivity contribution in [2.75, 3.05) is 13.1 Å². The van der Waals surface area contributed by atoms with Gasteiger partial charge in [0, 0.05) is 27.9 Å². The molecule has 0 radical (unpaired) electrons. The van der Waals surface area contributed by atoms with Crippen molar-refractivity contribution in [3.63, 3.8) is 0 Å². The first-order chi connectivity index (χ1) is 19.4. The normalized spacial score (nSPS) is 20.2. The Kier molecular flexibility index (Phi) is 9.19. The number of thiophene rings is 1. The van der Waals surface area contributed by atoms with Crippen LogP contribution >= 0.6 is 11.3 Å². The van der Waals surface area contributed by atoms with E-state index in [9.17, 15) is 14.7 Å². The van der Waals surface area contributed by atoms with Crippen molar-refractivity contribution in [2.24, 2.45) is 5.92 Å². The lowest BCUT2D eigenvalue weighted by Gasteiger charge is -2.24. The van der Waals surface area contributed by atoms with Crippen LogP contribution in [0.25, 0.3) is 10.4 Å². The molecule has 1 amide bonds. The van der Waals surface area contributed by atoms with Crippen molar-refractivity contribution >= 4 is 23.2 Å². The highest BCUT2D eigenvalue weighted by atomic mass is 32.1. The predicted octanol–water partition coefficient (Wildman–Crippen LogP) is 5.69. The molecule has 212 valence electrons.